The number of ether oxygens (including phenoxy) is 2. The third-order valence-electron chi connectivity index (χ3n) is 4.05. The van der Waals surface area contributed by atoms with E-state index in [-0.39, 0.29) is 12.0 Å². The van der Waals surface area contributed by atoms with Crippen molar-refractivity contribution in [3.05, 3.63) is 17.0 Å². The predicted octanol–water partition coefficient (Wildman–Crippen LogP) is 2.18. The molecule has 2 rings (SSSR count). The Labute approximate surface area is 154 Å². The Balaban J connectivity index is 2.19. The molecule has 0 fully saturated rings. The van der Waals surface area contributed by atoms with Gasteiger partial charge in [0, 0.05) is 31.1 Å². The average molecular weight is 366 g/mol. The largest absolute Gasteiger partial charge is 0.461 e. The Kier molecular flexibility index (Phi) is 6.28. The predicted molar refractivity (Wildman–Crippen MR) is 97.1 cm³/mol. The molecule has 1 aromatic rings. The third kappa shape index (κ3) is 4.97. The number of alkyl carbamates (subject to hydrolysis) is 1. The smallest absolute Gasteiger partial charge is 0.407 e. The molecule has 0 aliphatic carbocycles. The summed E-state index contributed by atoms with van der Waals surface area (Å²) >= 11 is 0. The van der Waals surface area contributed by atoms with Gasteiger partial charge < -0.3 is 20.1 Å². The van der Waals surface area contributed by atoms with E-state index < -0.39 is 11.7 Å². The van der Waals surface area contributed by atoms with Crippen LogP contribution in [0.2, 0.25) is 0 Å². The highest BCUT2D eigenvalue weighted by atomic mass is 16.6. The lowest BCUT2D eigenvalue weighted by Gasteiger charge is -2.21. The number of esters is 1. The van der Waals surface area contributed by atoms with Crippen molar-refractivity contribution in [3.8, 4) is 0 Å². The van der Waals surface area contributed by atoms with Gasteiger partial charge in [0.05, 0.1) is 18.3 Å². The van der Waals surface area contributed by atoms with Gasteiger partial charge in [-0.15, -0.1) is 0 Å². The maximum Gasteiger partial charge on any atom is 0.407 e. The van der Waals surface area contributed by atoms with Gasteiger partial charge in [0.2, 0.25) is 0 Å². The lowest BCUT2D eigenvalue weighted by atomic mass is 10.0. The van der Waals surface area contributed by atoms with Crippen LogP contribution in [0, 0.1) is 0 Å². The van der Waals surface area contributed by atoms with Crippen LogP contribution in [0.15, 0.2) is 0 Å². The fourth-order valence-electron chi connectivity index (χ4n) is 2.87. The average Bonchev–Trinajstić information content (AvgIpc) is 2.89. The molecule has 0 saturated heterocycles. The summed E-state index contributed by atoms with van der Waals surface area (Å²) in [7, 11) is 0. The molecule has 0 spiro atoms. The van der Waals surface area contributed by atoms with Crippen LogP contribution in [0.4, 0.5) is 4.79 Å². The molecular formula is C18H30N4O4. The second kappa shape index (κ2) is 8.07. The highest BCUT2D eigenvalue weighted by molar-refractivity contribution is 5.89. The number of nitrogens with one attached hydrogen (secondary N) is 2. The summed E-state index contributed by atoms with van der Waals surface area (Å²) in [6.07, 6.45) is 0.260. The first-order chi connectivity index (χ1) is 12.1. The minimum absolute atomic E-state index is 0.220. The number of hydrogen-bond donors (Lipinski definition) is 2. The van der Waals surface area contributed by atoms with Gasteiger partial charge in [0.25, 0.3) is 0 Å². The van der Waals surface area contributed by atoms with Crippen molar-refractivity contribution in [3.63, 3.8) is 0 Å². The van der Waals surface area contributed by atoms with Crippen molar-refractivity contribution in [1.82, 2.24) is 20.4 Å². The van der Waals surface area contributed by atoms with Crippen LogP contribution in [0.1, 0.15) is 69.3 Å². The third-order valence-corrected chi connectivity index (χ3v) is 4.05. The van der Waals surface area contributed by atoms with E-state index in [2.05, 4.69) is 22.7 Å². The second-order valence-electron chi connectivity index (χ2n) is 7.66. The molecule has 1 aromatic heterocycles. The number of nitrogens with zero attached hydrogens (tertiary/aromatic N) is 2. The minimum Gasteiger partial charge on any atom is -0.461 e. The molecule has 1 aliphatic heterocycles. The van der Waals surface area contributed by atoms with Gasteiger partial charge in [-0.3, -0.25) is 4.68 Å². The molecule has 146 valence electrons. The molecule has 0 radical (unpaired) electrons. The highest BCUT2D eigenvalue weighted by Gasteiger charge is 2.30. The van der Waals surface area contributed by atoms with E-state index >= 15 is 0 Å². The van der Waals surface area contributed by atoms with E-state index in [0.29, 0.717) is 31.4 Å². The SMILES string of the molecule is CCOC(=O)c1c2c(nn1[C@H](C)CNC(=O)OC(C)(C)C)C[C@@H](C)NC2. The first-order valence-electron chi connectivity index (χ1n) is 9.10. The molecule has 1 amide bonds. The standard InChI is InChI=1S/C18H30N4O4/c1-7-25-16(23)15-13-10-19-11(2)8-14(13)21-22(15)12(3)9-20-17(24)26-18(4,5)6/h11-12,19H,7-10H2,1-6H3,(H,20,24)/t11-,12-/m1/s1. The van der Waals surface area contributed by atoms with E-state index in [0.717, 1.165) is 17.7 Å². The van der Waals surface area contributed by atoms with Crippen LogP contribution >= 0.6 is 0 Å². The van der Waals surface area contributed by atoms with E-state index in [1.54, 1.807) is 11.6 Å². The zero-order chi connectivity index (χ0) is 19.5. The monoisotopic (exact) mass is 366 g/mol. The van der Waals surface area contributed by atoms with Gasteiger partial charge in [-0.1, -0.05) is 0 Å². The zero-order valence-corrected chi connectivity index (χ0v) is 16.5. The van der Waals surface area contributed by atoms with Crippen molar-refractivity contribution in [2.45, 2.75) is 72.2 Å². The van der Waals surface area contributed by atoms with Crippen LogP contribution in [0.25, 0.3) is 0 Å². The molecule has 0 bridgehead atoms. The highest BCUT2D eigenvalue weighted by Crippen LogP contribution is 2.24. The fourth-order valence-corrected chi connectivity index (χ4v) is 2.87. The summed E-state index contributed by atoms with van der Waals surface area (Å²) in [6, 6.07) is 0.0823. The summed E-state index contributed by atoms with van der Waals surface area (Å²) in [6.45, 7) is 12.4. The van der Waals surface area contributed by atoms with Gasteiger partial charge >= 0.3 is 12.1 Å². The molecule has 2 N–H and O–H groups in total. The molecule has 0 saturated carbocycles. The Morgan fingerprint density at radius 3 is 2.73 bits per heavy atom. The number of aromatic nitrogens is 2. The van der Waals surface area contributed by atoms with Gasteiger partial charge in [-0.2, -0.15) is 5.10 Å². The number of amides is 1. The quantitative estimate of drug-likeness (QED) is 0.776. The number of hydrogen-bond acceptors (Lipinski definition) is 6. The fraction of sp³-hybridized carbons (Fsp3) is 0.722. The normalized spacial score (nSPS) is 18.0. The summed E-state index contributed by atoms with van der Waals surface area (Å²) in [4.78, 5) is 24.4. The molecule has 1 aliphatic rings. The van der Waals surface area contributed by atoms with Gasteiger partial charge in [-0.25, -0.2) is 9.59 Å². The lowest BCUT2D eigenvalue weighted by molar-refractivity contribution is 0.0506. The van der Waals surface area contributed by atoms with Gasteiger partial charge in [0.1, 0.15) is 5.60 Å². The Morgan fingerprint density at radius 1 is 1.42 bits per heavy atom. The molecule has 8 heteroatoms. The van der Waals surface area contributed by atoms with Crippen molar-refractivity contribution in [2.24, 2.45) is 0 Å². The van der Waals surface area contributed by atoms with Crippen molar-refractivity contribution in [2.75, 3.05) is 13.2 Å². The van der Waals surface area contributed by atoms with E-state index in [1.165, 1.54) is 0 Å². The topological polar surface area (TPSA) is 94.5 Å². The molecule has 8 nitrogen and oxygen atoms in total. The van der Waals surface area contributed by atoms with Crippen LogP contribution < -0.4 is 10.6 Å². The van der Waals surface area contributed by atoms with E-state index in [9.17, 15) is 9.59 Å². The lowest BCUT2D eigenvalue weighted by Crippen LogP contribution is -2.36. The summed E-state index contributed by atoms with van der Waals surface area (Å²) < 4.78 is 12.1. The first kappa shape index (κ1) is 20.2. The van der Waals surface area contributed by atoms with Crippen LogP contribution in [-0.2, 0) is 22.4 Å². The summed E-state index contributed by atoms with van der Waals surface area (Å²) in [5, 5.41) is 10.7. The second-order valence-corrected chi connectivity index (χ2v) is 7.66. The van der Waals surface area contributed by atoms with Crippen LogP contribution in [-0.4, -0.2) is 46.6 Å². The van der Waals surface area contributed by atoms with Gasteiger partial charge in [-0.05, 0) is 41.5 Å². The molecule has 0 aromatic carbocycles. The number of fused-ring (bicyclic) bond motifs is 1. The van der Waals surface area contributed by atoms with Gasteiger partial charge in [0.15, 0.2) is 5.69 Å². The zero-order valence-electron chi connectivity index (χ0n) is 16.5. The summed E-state index contributed by atoms with van der Waals surface area (Å²) in [5.74, 6) is -0.387. The van der Waals surface area contributed by atoms with E-state index in [4.69, 9.17) is 9.47 Å². The summed E-state index contributed by atoms with van der Waals surface area (Å²) in [5.41, 5.74) is 1.68. The molecule has 0 unspecified atom stereocenters. The number of carbonyl (C=O) groups is 2. The van der Waals surface area contributed by atoms with Crippen molar-refractivity contribution < 1.29 is 19.1 Å². The first-order valence-corrected chi connectivity index (χ1v) is 9.10. The van der Waals surface area contributed by atoms with Crippen molar-refractivity contribution in [1.29, 1.82) is 0 Å². The number of rotatable bonds is 5. The van der Waals surface area contributed by atoms with E-state index in [1.807, 2.05) is 27.7 Å². The molecular weight excluding hydrogens is 336 g/mol. The Bertz CT molecular complexity index is 663. The minimum atomic E-state index is -0.560. The maximum atomic E-state index is 12.5. The maximum absolute atomic E-state index is 12.5. The van der Waals surface area contributed by atoms with Crippen LogP contribution in [0.3, 0.4) is 0 Å². The molecule has 26 heavy (non-hydrogen) atoms. The Morgan fingerprint density at radius 2 is 2.12 bits per heavy atom. The van der Waals surface area contributed by atoms with Crippen molar-refractivity contribution >= 4 is 12.1 Å². The molecule has 2 heterocycles. The number of carbonyl (C=O) groups excluding carboxylic acids is 2. The van der Waals surface area contributed by atoms with Crippen LogP contribution in [0.5, 0.6) is 0 Å². The molecule has 2 atom stereocenters. The Hall–Kier alpha value is -2.09.